The molecule has 6 heteroatoms. The molecule has 0 aliphatic carbocycles. The summed E-state index contributed by atoms with van der Waals surface area (Å²) in [6.45, 7) is 0.775. The normalized spacial score (nSPS) is 13.3. The molecule has 0 unspecified atom stereocenters. The molecule has 0 saturated carbocycles. The van der Waals surface area contributed by atoms with Gasteiger partial charge in [-0.15, -0.1) is 0 Å². The first-order valence-electron chi connectivity index (χ1n) is 8.34. The van der Waals surface area contributed by atoms with E-state index in [4.69, 9.17) is 14.2 Å². The summed E-state index contributed by atoms with van der Waals surface area (Å²) in [7, 11) is 4.88. The van der Waals surface area contributed by atoms with Gasteiger partial charge in [-0.1, -0.05) is 12.1 Å². The van der Waals surface area contributed by atoms with Crippen LogP contribution in [0.3, 0.4) is 0 Å². The molecule has 0 radical (unpaired) electrons. The predicted octanol–water partition coefficient (Wildman–Crippen LogP) is 2.96. The largest absolute Gasteiger partial charge is 0.497 e. The Labute approximate surface area is 151 Å². The van der Waals surface area contributed by atoms with Gasteiger partial charge in [0.05, 0.1) is 33.4 Å². The SMILES string of the molecule is COc1ccc(-c2c3n(c4cc(OC)c(OC)cc24)CC(=O)NC3)cc1. The van der Waals surface area contributed by atoms with Crippen molar-refractivity contribution in [2.24, 2.45) is 0 Å². The summed E-state index contributed by atoms with van der Waals surface area (Å²) in [4.78, 5) is 12.0. The van der Waals surface area contributed by atoms with E-state index in [1.807, 2.05) is 36.4 Å². The maximum atomic E-state index is 12.0. The maximum Gasteiger partial charge on any atom is 0.240 e. The van der Waals surface area contributed by atoms with E-state index in [0.29, 0.717) is 18.0 Å². The topological polar surface area (TPSA) is 61.7 Å². The van der Waals surface area contributed by atoms with Gasteiger partial charge >= 0.3 is 0 Å². The summed E-state index contributed by atoms with van der Waals surface area (Å²) >= 11 is 0. The van der Waals surface area contributed by atoms with Gasteiger partial charge in [-0.05, 0) is 23.8 Å². The second-order valence-electron chi connectivity index (χ2n) is 6.14. The lowest BCUT2D eigenvalue weighted by atomic mass is 10.0. The van der Waals surface area contributed by atoms with Crippen LogP contribution >= 0.6 is 0 Å². The average molecular weight is 352 g/mol. The fourth-order valence-corrected chi connectivity index (χ4v) is 3.55. The minimum absolute atomic E-state index is 0.00506. The van der Waals surface area contributed by atoms with Crippen LogP contribution in [0.4, 0.5) is 0 Å². The van der Waals surface area contributed by atoms with E-state index in [1.165, 1.54) is 0 Å². The van der Waals surface area contributed by atoms with E-state index in [2.05, 4.69) is 9.88 Å². The highest BCUT2D eigenvalue weighted by atomic mass is 16.5. The highest BCUT2D eigenvalue weighted by Crippen LogP contribution is 2.41. The minimum Gasteiger partial charge on any atom is -0.497 e. The number of fused-ring (bicyclic) bond motifs is 3. The number of amides is 1. The highest BCUT2D eigenvalue weighted by Gasteiger charge is 2.25. The molecular formula is C20H20N2O4. The van der Waals surface area contributed by atoms with Crippen LogP contribution < -0.4 is 19.5 Å². The number of rotatable bonds is 4. The molecule has 1 N–H and O–H groups in total. The first-order chi connectivity index (χ1) is 12.7. The quantitative estimate of drug-likeness (QED) is 0.784. The molecule has 3 aromatic rings. The van der Waals surface area contributed by atoms with Crippen LogP contribution in [0.5, 0.6) is 17.2 Å². The van der Waals surface area contributed by atoms with Crippen molar-refractivity contribution in [3.8, 4) is 28.4 Å². The summed E-state index contributed by atoms with van der Waals surface area (Å²) in [5.74, 6) is 2.12. The van der Waals surface area contributed by atoms with Crippen LogP contribution in [0.15, 0.2) is 36.4 Å². The van der Waals surface area contributed by atoms with Gasteiger partial charge in [0.15, 0.2) is 11.5 Å². The molecule has 134 valence electrons. The number of aromatic nitrogens is 1. The molecule has 0 saturated heterocycles. The minimum atomic E-state index is 0.00506. The van der Waals surface area contributed by atoms with E-state index in [9.17, 15) is 4.79 Å². The number of ether oxygens (including phenoxy) is 3. The molecule has 1 aliphatic rings. The molecular weight excluding hydrogens is 332 g/mol. The second-order valence-corrected chi connectivity index (χ2v) is 6.14. The Kier molecular flexibility index (Phi) is 3.95. The summed E-state index contributed by atoms with van der Waals surface area (Å²) < 4.78 is 18.3. The lowest BCUT2D eigenvalue weighted by Gasteiger charge is -2.18. The molecule has 26 heavy (non-hydrogen) atoms. The predicted molar refractivity (Wildman–Crippen MR) is 98.9 cm³/mol. The molecule has 2 aromatic carbocycles. The fraction of sp³-hybridized carbons (Fsp3) is 0.250. The van der Waals surface area contributed by atoms with Crippen LogP contribution in [0.25, 0.3) is 22.0 Å². The Balaban J connectivity index is 2.02. The number of methoxy groups -OCH3 is 3. The van der Waals surface area contributed by atoms with Crippen molar-refractivity contribution in [3.63, 3.8) is 0 Å². The van der Waals surface area contributed by atoms with E-state index in [0.717, 1.165) is 33.5 Å². The molecule has 4 rings (SSSR count). The number of carbonyl (C=O) groups is 1. The second kappa shape index (κ2) is 6.29. The fourth-order valence-electron chi connectivity index (χ4n) is 3.55. The monoisotopic (exact) mass is 352 g/mol. The summed E-state index contributed by atoms with van der Waals surface area (Å²) in [5, 5.41) is 3.97. The number of hydrogen-bond acceptors (Lipinski definition) is 4. The van der Waals surface area contributed by atoms with Gasteiger partial charge in [-0.25, -0.2) is 0 Å². The number of nitrogens with zero attached hydrogens (tertiary/aromatic N) is 1. The third kappa shape index (κ3) is 2.45. The average Bonchev–Trinajstić information content (AvgIpc) is 2.99. The lowest BCUT2D eigenvalue weighted by Crippen LogP contribution is -2.34. The van der Waals surface area contributed by atoms with E-state index >= 15 is 0 Å². The first-order valence-corrected chi connectivity index (χ1v) is 8.34. The van der Waals surface area contributed by atoms with Crippen molar-refractivity contribution in [1.29, 1.82) is 0 Å². The van der Waals surface area contributed by atoms with Gasteiger partial charge in [0.25, 0.3) is 0 Å². The van der Waals surface area contributed by atoms with Crippen molar-refractivity contribution in [1.82, 2.24) is 9.88 Å². The highest BCUT2D eigenvalue weighted by molar-refractivity contribution is 6.01. The number of benzene rings is 2. The van der Waals surface area contributed by atoms with E-state index < -0.39 is 0 Å². The van der Waals surface area contributed by atoms with Gasteiger partial charge in [-0.2, -0.15) is 0 Å². The maximum absolute atomic E-state index is 12.0. The Morgan fingerprint density at radius 3 is 2.31 bits per heavy atom. The van der Waals surface area contributed by atoms with Crippen molar-refractivity contribution < 1.29 is 19.0 Å². The zero-order valence-corrected chi connectivity index (χ0v) is 15.0. The third-order valence-electron chi connectivity index (χ3n) is 4.81. The van der Waals surface area contributed by atoms with Crippen LogP contribution in [0.2, 0.25) is 0 Å². The Morgan fingerprint density at radius 2 is 1.65 bits per heavy atom. The molecule has 0 atom stereocenters. The first kappa shape index (κ1) is 16.3. The van der Waals surface area contributed by atoms with Gasteiger partial charge < -0.3 is 24.1 Å². The molecule has 0 fully saturated rings. The number of hydrogen-bond donors (Lipinski definition) is 1. The van der Waals surface area contributed by atoms with E-state index in [-0.39, 0.29) is 12.5 Å². The van der Waals surface area contributed by atoms with Gasteiger partial charge in [-0.3, -0.25) is 4.79 Å². The van der Waals surface area contributed by atoms with Crippen LogP contribution in [-0.2, 0) is 17.9 Å². The third-order valence-corrected chi connectivity index (χ3v) is 4.81. The van der Waals surface area contributed by atoms with Gasteiger partial charge in [0.2, 0.25) is 5.91 Å². The van der Waals surface area contributed by atoms with Crippen molar-refractivity contribution in [2.45, 2.75) is 13.1 Å². The number of nitrogens with one attached hydrogen (secondary N) is 1. The Bertz CT molecular complexity index is 989. The van der Waals surface area contributed by atoms with Crippen molar-refractivity contribution in [2.75, 3.05) is 21.3 Å². The van der Waals surface area contributed by atoms with Crippen molar-refractivity contribution >= 4 is 16.8 Å². The summed E-state index contributed by atoms with van der Waals surface area (Å²) in [6.07, 6.45) is 0. The molecule has 1 aromatic heterocycles. The van der Waals surface area contributed by atoms with Gasteiger partial charge in [0.1, 0.15) is 12.3 Å². The standard InChI is InChI=1S/C20H20N2O4/c1-24-13-6-4-12(5-7-13)20-14-8-17(25-2)18(26-3)9-15(14)22-11-19(23)21-10-16(20)22/h4-9H,10-11H2,1-3H3,(H,21,23). The van der Waals surface area contributed by atoms with Crippen LogP contribution in [0, 0.1) is 0 Å². The molecule has 6 nitrogen and oxygen atoms in total. The Hall–Kier alpha value is -3.15. The Morgan fingerprint density at radius 1 is 0.962 bits per heavy atom. The van der Waals surface area contributed by atoms with Crippen molar-refractivity contribution in [3.05, 3.63) is 42.1 Å². The molecule has 1 aliphatic heterocycles. The van der Waals surface area contributed by atoms with Crippen LogP contribution in [0.1, 0.15) is 5.69 Å². The molecule has 0 spiro atoms. The number of carbonyl (C=O) groups excluding carboxylic acids is 1. The molecule has 2 heterocycles. The lowest BCUT2D eigenvalue weighted by molar-refractivity contribution is -0.122. The van der Waals surface area contributed by atoms with E-state index in [1.54, 1.807) is 21.3 Å². The van der Waals surface area contributed by atoms with Gasteiger partial charge in [0, 0.05) is 22.7 Å². The molecule has 0 bridgehead atoms. The van der Waals surface area contributed by atoms with Crippen LogP contribution in [-0.4, -0.2) is 31.8 Å². The zero-order chi connectivity index (χ0) is 18.3. The smallest absolute Gasteiger partial charge is 0.240 e. The molecule has 1 amide bonds. The summed E-state index contributed by atoms with van der Waals surface area (Å²) in [5.41, 5.74) is 4.18. The zero-order valence-electron chi connectivity index (χ0n) is 15.0. The summed E-state index contributed by atoms with van der Waals surface area (Å²) in [6, 6.07) is 11.8.